The molecule has 4 heterocycles. The monoisotopic (exact) mass is 425 g/mol. The van der Waals surface area contributed by atoms with E-state index in [1.807, 2.05) is 60.8 Å². The number of nitrogens with one attached hydrogen (secondary N) is 1. The molecule has 1 unspecified atom stereocenters. The molecule has 1 aromatic carbocycles. The van der Waals surface area contributed by atoms with Gasteiger partial charge in [-0.25, -0.2) is 4.52 Å². The number of rotatable bonds is 7. The molecule has 8 heteroatoms. The number of hydrogen-bond acceptors (Lipinski definition) is 7. The van der Waals surface area contributed by atoms with Gasteiger partial charge in [-0.2, -0.15) is 5.10 Å². The van der Waals surface area contributed by atoms with E-state index >= 15 is 0 Å². The van der Waals surface area contributed by atoms with Crippen molar-refractivity contribution in [3.63, 3.8) is 0 Å². The molecule has 0 bridgehead atoms. The highest BCUT2D eigenvalue weighted by molar-refractivity contribution is 6.06. The fourth-order valence-corrected chi connectivity index (χ4v) is 3.52. The number of ketones is 1. The lowest BCUT2D eigenvalue weighted by atomic mass is 9.98. The zero-order valence-electron chi connectivity index (χ0n) is 17.2. The Morgan fingerprint density at radius 3 is 2.75 bits per heavy atom. The molecule has 158 valence electrons. The van der Waals surface area contributed by atoms with Crippen LogP contribution in [0.15, 0.2) is 90.0 Å². The Morgan fingerprint density at radius 2 is 1.94 bits per heavy atom. The van der Waals surface area contributed by atoms with Crippen molar-refractivity contribution >= 4 is 17.0 Å². The quantitative estimate of drug-likeness (QED) is 0.386. The molecule has 0 saturated heterocycles. The molecule has 32 heavy (non-hydrogen) atoms. The minimum absolute atomic E-state index is 0.226. The van der Waals surface area contributed by atoms with Crippen molar-refractivity contribution in [2.75, 3.05) is 12.4 Å². The summed E-state index contributed by atoms with van der Waals surface area (Å²) in [6, 6.07) is 18.0. The van der Waals surface area contributed by atoms with Gasteiger partial charge in [-0.3, -0.25) is 9.78 Å². The number of hydrogen-bond donors (Lipinski definition) is 1. The second-order valence-electron chi connectivity index (χ2n) is 7.14. The molecule has 4 aromatic heterocycles. The van der Waals surface area contributed by atoms with Crippen molar-refractivity contribution in [1.82, 2.24) is 19.8 Å². The number of carbonyl (C=O) groups excluding carboxylic acids is 1. The zero-order chi connectivity index (χ0) is 21.9. The molecule has 0 radical (unpaired) electrons. The van der Waals surface area contributed by atoms with E-state index in [0.29, 0.717) is 28.4 Å². The Labute approximate surface area is 183 Å². The molecule has 8 nitrogen and oxygen atoms in total. The highest BCUT2D eigenvalue weighted by atomic mass is 16.5. The highest BCUT2D eigenvalue weighted by Crippen LogP contribution is 2.30. The number of pyridine rings is 2. The Balaban J connectivity index is 1.58. The number of ether oxygens (including phenoxy) is 1. The molecular weight excluding hydrogens is 406 g/mol. The van der Waals surface area contributed by atoms with Gasteiger partial charge in [0, 0.05) is 17.8 Å². The van der Waals surface area contributed by atoms with Crippen LogP contribution in [0.2, 0.25) is 0 Å². The minimum Gasteiger partial charge on any atom is -0.495 e. The smallest absolute Gasteiger partial charge is 0.196 e. The van der Waals surface area contributed by atoms with Gasteiger partial charge in [0.15, 0.2) is 5.78 Å². The lowest BCUT2D eigenvalue weighted by molar-refractivity contribution is 0.0968. The van der Waals surface area contributed by atoms with Crippen LogP contribution in [-0.2, 0) is 0 Å². The summed E-state index contributed by atoms with van der Waals surface area (Å²) in [6.45, 7) is 0. The summed E-state index contributed by atoms with van der Waals surface area (Å²) in [5, 5.41) is 12.0. The first-order valence-corrected chi connectivity index (χ1v) is 9.97. The molecule has 0 aliphatic rings. The summed E-state index contributed by atoms with van der Waals surface area (Å²) in [5.74, 6) is 0.350. The fourth-order valence-electron chi connectivity index (χ4n) is 3.52. The molecule has 1 N–H and O–H groups in total. The number of Topliss-reactive ketones (excluding diaryl/α,β-unsaturated/α-hetero) is 1. The molecule has 0 fully saturated rings. The van der Waals surface area contributed by atoms with Crippen molar-refractivity contribution in [2.24, 2.45) is 0 Å². The summed E-state index contributed by atoms with van der Waals surface area (Å²) in [6.07, 6.45) is 6.44. The fraction of sp³-hybridized carbons (Fsp3) is 0.0833. The molecule has 5 rings (SSSR count). The van der Waals surface area contributed by atoms with E-state index in [1.54, 1.807) is 30.1 Å². The molecule has 0 spiro atoms. The first-order chi connectivity index (χ1) is 15.7. The van der Waals surface area contributed by atoms with Crippen molar-refractivity contribution in [2.45, 2.75) is 6.04 Å². The minimum atomic E-state index is -0.800. The van der Waals surface area contributed by atoms with Crippen molar-refractivity contribution < 1.29 is 14.1 Å². The third kappa shape index (κ3) is 3.69. The van der Waals surface area contributed by atoms with Crippen LogP contribution in [0.3, 0.4) is 0 Å². The van der Waals surface area contributed by atoms with E-state index in [1.165, 1.54) is 6.26 Å². The number of benzene rings is 1. The van der Waals surface area contributed by atoms with Gasteiger partial charge in [0.1, 0.15) is 23.7 Å². The second-order valence-corrected chi connectivity index (χ2v) is 7.14. The summed E-state index contributed by atoms with van der Waals surface area (Å²) >= 11 is 0. The van der Waals surface area contributed by atoms with Gasteiger partial charge in [-0.05, 0) is 18.2 Å². The van der Waals surface area contributed by atoms with Gasteiger partial charge >= 0.3 is 0 Å². The molecule has 0 amide bonds. The highest BCUT2D eigenvalue weighted by Gasteiger charge is 2.29. The van der Waals surface area contributed by atoms with E-state index in [2.05, 4.69) is 20.6 Å². The number of anilines is 1. The standard InChI is InChI=1S/C24H19N5O3/c1-31-19-11-17(13-25-14-19)26-23(21-12-18-9-5-6-10-29(18)27-21)24(30)20-15-32-28-22(20)16-7-3-2-4-8-16/h2-15,23,26H,1H3. The number of aromatic nitrogens is 4. The molecule has 0 aliphatic heterocycles. The van der Waals surface area contributed by atoms with Crippen molar-refractivity contribution in [3.8, 4) is 17.0 Å². The normalized spacial score (nSPS) is 11.9. The predicted molar refractivity (Wildman–Crippen MR) is 119 cm³/mol. The Bertz CT molecular complexity index is 1340. The van der Waals surface area contributed by atoms with E-state index in [0.717, 1.165) is 11.1 Å². The van der Waals surface area contributed by atoms with Crippen LogP contribution >= 0.6 is 0 Å². The lowest BCUT2D eigenvalue weighted by Gasteiger charge is -2.17. The number of methoxy groups -OCH3 is 1. The Kier molecular flexibility index (Phi) is 5.09. The van der Waals surface area contributed by atoms with Gasteiger partial charge < -0.3 is 14.6 Å². The Morgan fingerprint density at radius 1 is 1.09 bits per heavy atom. The predicted octanol–water partition coefficient (Wildman–Crippen LogP) is 4.43. The van der Waals surface area contributed by atoms with Crippen LogP contribution in [0, 0.1) is 0 Å². The number of carbonyl (C=O) groups is 1. The van der Waals surface area contributed by atoms with Crippen LogP contribution in [0.4, 0.5) is 5.69 Å². The summed E-state index contributed by atoms with van der Waals surface area (Å²) < 4.78 is 12.2. The van der Waals surface area contributed by atoms with Crippen LogP contribution in [0.1, 0.15) is 22.1 Å². The maximum atomic E-state index is 13.8. The first kappa shape index (κ1) is 19.5. The maximum Gasteiger partial charge on any atom is 0.196 e. The van der Waals surface area contributed by atoms with Crippen LogP contribution in [0.25, 0.3) is 16.8 Å². The summed E-state index contributed by atoms with van der Waals surface area (Å²) in [5.41, 5.74) is 3.69. The van der Waals surface area contributed by atoms with Crippen LogP contribution in [0.5, 0.6) is 5.75 Å². The average Bonchev–Trinajstić information content (AvgIpc) is 3.50. The SMILES string of the molecule is COc1cncc(NC(C(=O)c2conc2-c2ccccc2)c2cc3ccccn3n2)c1. The molecule has 5 aromatic rings. The van der Waals surface area contributed by atoms with Gasteiger partial charge in [0.05, 0.1) is 42.0 Å². The van der Waals surface area contributed by atoms with Gasteiger partial charge in [0.2, 0.25) is 0 Å². The lowest BCUT2D eigenvalue weighted by Crippen LogP contribution is -2.22. The summed E-state index contributed by atoms with van der Waals surface area (Å²) in [4.78, 5) is 17.9. The maximum absolute atomic E-state index is 13.8. The molecule has 1 atom stereocenters. The number of fused-ring (bicyclic) bond motifs is 1. The van der Waals surface area contributed by atoms with Crippen LogP contribution < -0.4 is 10.1 Å². The van der Waals surface area contributed by atoms with E-state index in [-0.39, 0.29) is 5.78 Å². The van der Waals surface area contributed by atoms with E-state index in [4.69, 9.17) is 9.26 Å². The summed E-state index contributed by atoms with van der Waals surface area (Å²) in [7, 11) is 1.56. The van der Waals surface area contributed by atoms with E-state index in [9.17, 15) is 4.79 Å². The molecule has 0 saturated carbocycles. The van der Waals surface area contributed by atoms with Crippen molar-refractivity contribution in [3.05, 3.63) is 96.8 Å². The second kappa shape index (κ2) is 8.35. The largest absolute Gasteiger partial charge is 0.495 e. The Hall–Kier alpha value is -4.46. The first-order valence-electron chi connectivity index (χ1n) is 9.97. The molecular formula is C24H19N5O3. The van der Waals surface area contributed by atoms with E-state index < -0.39 is 6.04 Å². The van der Waals surface area contributed by atoms with Crippen molar-refractivity contribution in [1.29, 1.82) is 0 Å². The third-order valence-corrected chi connectivity index (χ3v) is 5.09. The topological polar surface area (TPSA) is 94.5 Å². The number of nitrogens with zero attached hydrogens (tertiary/aromatic N) is 4. The van der Waals surface area contributed by atoms with Gasteiger partial charge in [0.25, 0.3) is 0 Å². The third-order valence-electron chi connectivity index (χ3n) is 5.09. The zero-order valence-corrected chi connectivity index (χ0v) is 17.2. The molecule has 0 aliphatic carbocycles. The van der Waals surface area contributed by atoms with Gasteiger partial charge in [-0.1, -0.05) is 41.6 Å². The van der Waals surface area contributed by atoms with Gasteiger partial charge in [-0.15, -0.1) is 0 Å². The van der Waals surface area contributed by atoms with Crippen LogP contribution in [-0.4, -0.2) is 32.6 Å². The average molecular weight is 425 g/mol.